The van der Waals surface area contributed by atoms with Crippen molar-refractivity contribution >= 4 is 7.75 Å². The summed E-state index contributed by atoms with van der Waals surface area (Å²) < 4.78 is 22.6. The fourth-order valence-corrected chi connectivity index (χ4v) is 2.34. The molecule has 5 heteroatoms. The van der Waals surface area contributed by atoms with E-state index in [9.17, 15) is 4.57 Å². The first-order valence-electron chi connectivity index (χ1n) is 3.12. The molecular weight excluding hydrogens is 153 g/mol. The van der Waals surface area contributed by atoms with Crippen LogP contribution in [-0.4, -0.2) is 31.5 Å². The molecule has 0 amide bonds. The molecule has 1 heterocycles. The normalized spacial score (nSPS) is 32.3. The van der Waals surface area contributed by atoms with Crippen molar-refractivity contribution in [2.24, 2.45) is 0 Å². The molecule has 1 aliphatic heterocycles. The highest BCUT2D eigenvalue weighted by Crippen LogP contribution is 2.56. The van der Waals surface area contributed by atoms with E-state index in [0.717, 1.165) is 6.54 Å². The molecule has 0 bridgehead atoms. The minimum Gasteiger partial charge on any atom is -0.300 e. The molecule has 1 fully saturated rings. The zero-order valence-corrected chi connectivity index (χ0v) is 7.30. The van der Waals surface area contributed by atoms with Gasteiger partial charge in [-0.15, -0.1) is 0 Å². The summed E-state index contributed by atoms with van der Waals surface area (Å²) in [6.07, 6.45) is 0. The molecule has 0 N–H and O–H groups in total. The van der Waals surface area contributed by atoms with Crippen LogP contribution in [0.5, 0.6) is 0 Å². The molecule has 0 aromatic heterocycles. The average Bonchev–Trinajstić information content (AvgIpc) is 2.66. The van der Waals surface area contributed by atoms with Gasteiger partial charge in [-0.3, -0.25) is 9.05 Å². The fourth-order valence-electron chi connectivity index (χ4n) is 0.849. The van der Waals surface area contributed by atoms with Crippen LogP contribution < -0.4 is 0 Å². The van der Waals surface area contributed by atoms with Crippen LogP contribution in [0.1, 0.15) is 6.92 Å². The monoisotopic (exact) mass is 165 g/mol. The third kappa shape index (κ3) is 1.25. The summed E-state index contributed by atoms with van der Waals surface area (Å²) in [6, 6.07) is 0.339. The maximum absolute atomic E-state index is 11.4. The lowest BCUT2D eigenvalue weighted by Crippen LogP contribution is -2.00. The van der Waals surface area contributed by atoms with Gasteiger partial charge in [0.2, 0.25) is 0 Å². The smallest absolute Gasteiger partial charge is 0.300 e. The van der Waals surface area contributed by atoms with Crippen molar-refractivity contribution in [3.05, 3.63) is 0 Å². The maximum Gasteiger partial charge on any atom is 0.407 e. The summed E-state index contributed by atoms with van der Waals surface area (Å²) in [5.41, 5.74) is 0. The van der Waals surface area contributed by atoms with Gasteiger partial charge in [0.1, 0.15) is 0 Å². The van der Waals surface area contributed by atoms with E-state index in [1.807, 2.05) is 6.92 Å². The van der Waals surface area contributed by atoms with Gasteiger partial charge in [-0.1, -0.05) is 0 Å². The highest BCUT2D eigenvalue weighted by Gasteiger charge is 2.45. The average molecular weight is 165 g/mol. The molecule has 4 nitrogen and oxygen atoms in total. The molecule has 1 aliphatic rings. The van der Waals surface area contributed by atoms with Crippen LogP contribution in [0.3, 0.4) is 0 Å². The van der Waals surface area contributed by atoms with Crippen molar-refractivity contribution in [2.75, 3.05) is 20.8 Å². The Labute approximate surface area is 60.7 Å². The van der Waals surface area contributed by atoms with Gasteiger partial charge in [0, 0.05) is 26.8 Å². The molecule has 1 saturated heterocycles. The number of rotatable bonds is 3. The van der Waals surface area contributed by atoms with Gasteiger partial charge in [-0.05, 0) is 6.92 Å². The predicted octanol–water partition coefficient (Wildman–Crippen LogP) is 1.09. The van der Waals surface area contributed by atoms with Gasteiger partial charge in [-0.2, -0.15) is 0 Å². The Balaban J connectivity index is 2.57. The van der Waals surface area contributed by atoms with Gasteiger partial charge in [0.25, 0.3) is 0 Å². The molecule has 10 heavy (non-hydrogen) atoms. The number of hydrogen-bond donors (Lipinski definition) is 0. The quantitative estimate of drug-likeness (QED) is 0.463. The lowest BCUT2D eigenvalue weighted by atomic mass is 10.6. The summed E-state index contributed by atoms with van der Waals surface area (Å²) in [7, 11) is -0.0685. The van der Waals surface area contributed by atoms with E-state index < -0.39 is 7.75 Å². The third-order valence-corrected chi connectivity index (χ3v) is 3.71. The topological polar surface area (TPSA) is 38.5 Å². The lowest BCUT2D eigenvalue weighted by Gasteiger charge is -2.13. The first-order chi connectivity index (χ1) is 4.64. The van der Waals surface area contributed by atoms with Crippen molar-refractivity contribution in [2.45, 2.75) is 13.0 Å². The van der Waals surface area contributed by atoms with E-state index in [1.165, 1.54) is 14.2 Å². The Morgan fingerprint density at radius 1 is 1.50 bits per heavy atom. The van der Waals surface area contributed by atoms with Crippen LogP contribution in [0.4, 0.5) is 0 Å². The van der Waals surface area contributed by atoms with Gasteiger partial charge >= 0.3 is 7.75 Å². The zero-order valence-electron chi connectivity index (χ0n) is 6.40. The minimum atomic E-state index is -2.86. The van der Waals surface area contributed by atoms with Crippen molar-refractivity contribution in [1.82, 2.24) is 4.67 Å². The Bertz CT molecular complexity index is 164. The first kappa shape index (κ1) is 8.21. The van der Waals surface area contributed by atoms with Gasteiger partial charge in [-0.25, -0.2) is 9.24 Å². The molecule has 0 aliphatic carbocycles. The summed E-state index contributed by atoms with van der Waals surface area (Å²) in [4.78, 5) is 0. The summed E-state index contributed by atoms with van der Waals surface area (Å²) in [5, 5.41) is 0. The second-order valence-corrected chi connectivity index (χ2v) is 4.49. The summed E-state index contributed by atoms with van der Waals surface area (Å²) in [5.74, 6) is 0. The van der Waals surface area contributed by atoms with Crippen LogP contribution in [-0.2, 0) is 13.6 Å². The van der Waals surface area contributed by atoms with Gasteiger partial charge in [0.05, 0.1) is 0 Å². The van der Waals surface area contributed by atoms with Crippen LogP contribution in [0.25, 0.3) is 0 Å². The summed E-state index contributed by atoms with van der Waals surface area (Å²) in [6.45, 7) is 2.78. The van der Waals surface area contributed by atoms with Crippen LogP contribution in [0.15, 0.2) is 0 Å². The SMILES string of the molecule is COP(=O)(OC)N1C[C@@H]1C. The zero-order chi connectivity index (χ0) is 7.78. The molecule has 2 atom stereocenters. The van der Waals surface area contributed by atoms with Crippen molar-refractivity contribution in [3.63, 3.8) is 0 Å². The fraction of sp³-hybridized carbons (Fsp3) is 1.00. The van der Waals surface area contributed by atoms with Crippen LogP contribution in [0, 0.1) is 0 Å². The second-order valence-electron chi connectivity index (χ2n) is 2.30. The number of nitrogens with zero attached hydrogens (tertiary/aromatic N) is 1. The Morgan fingerprint density at radius 2 is 1.90 bits per heavy atom. The van der Waals surface area contributed by atoms with E-state index in [2.05, 4.69) is 0 Å². The second kappa shape index (κ2) is 2.62. The molecule has 0 saturated carbocycles. The Hall–Kier alpha value is 0.110. The lowest BCUT2D eigenvalue weighted by molar-refractivity contribution is 0.245. The van der Waals surface area contributed by atoms with E-state index in [4.69, 9.17) is 9.05 Å². The van der Waals surface area contributed by atoms with Crippen molar-refractivity contribution in [1.29, 1.82) is 0 Å². The molecule has 0 aromatic carbocycles. The van der Waals surface area contributed by atoms with E-state index in [0.29, 0.717) is 6.04 Å². The highest BCUT2D eigenvalue weighted by atomic mass is 31.2. The molecule has 0 radical (unpaired) electrons. The number of hydrogen-bond acceptors (Lipinski definition) is 3. The van der Waals surface area contributed by atoms with Crippen LogP contribution >= 0.6 is 7.75 Å². The Kier molecular flexibility index (Phi) is 2.15. The van der Waals surface area contributed by atoms with Crippen LogP contribution in [0.2, 0.25) is 0 Å². The standard InChI is InChI=1S/C5H12NO3P/c1-5-4-6(5)10(7,8-2)9-3/h5H,4H2,1-3H3/t5-,6?/m0/s1. The maximum atomic E-state index is 11.4. The predicted molar refractivity (Wildman–Crippen MR) is 37.8 cm³/mol. The van der Waals surface area contributed by atoms with Gasteiger partial charge < -0.3 is 0 Å². The van der Waals surface area contributed by atoms with Gasteiger partial charge in [0.15, 0.2) is 0 Å². The molecule has 60 valence electrons. The molecule has 0 spiro atoms. The van der Waals surface area contributed by atoms with E-state index >= 15 is 0 Å². The molecule has 1 unspecified atom stereocenters. The largest absolute Gasteiger partial charge is 0.407 e. The highest BCUT2D eigenvalue weighted by molar-refractivity contribution is 7.51. The summed E-state index contributed by atoms with van der Waals surface area (Å²) >= 11 is 0. The van der Waals surface area contributed by atoms with Crippen molar-refractivity contribution in [3.8, 4) is 0 Å². The third-order valence-electron chi connectivity index (χ3n) is 1.60. The molecular formula is C5H12NO3P. The molecule has 0 aromatic rings. The minimum absolute atomic E-state index is 0.339. The molecule has 1 rings (SSSR count). The van der Waals surface area contributed by atoms with Crippen molar-refractivity contribution < 1.29 is 13.6 Å². The van der Waals surface area contributed by atoms with E-state index in [-0.39, 0.29) is 0 Å². The first-order valence-corrected chi connectivity index (χ1v) is 4.62. The van der Waals surface area contributed by atoms with E-state index in [1.54, 1.807) is 4.67 Å². The Morgan fingerprint density at radius 3 is 2.00 bits per heavy atom.